The Labute approximate surface area is 99.0 Å². The Morgan fingerprint density at radius 1 is 1.75 bits per heavy atom. The molecule has 2 rings (SSSR count). The molecule has 0 aromatic carbocycles. The van der Waals surface area contributed by atoms with Gasteiger partial charge in [0.15, 0.2) is 10.8 Å². The first kappa shape index (κ1) is 11.4. The fraction of sp³-hybridized carbons (Fsp3) is 0.636. The molecule has 1 fully saturated rings. The smallest absolute Gasteiger partial charge is 0.357 e. The number of ether oxygens (including phenoxy) is 1. The molecule has 1 heterocycles. The summed E-state index contributed by atoms with van der Waals surface area (Å²) in [7, 11) is 0. The van der Waals surface area contributed by atoms with Crippen molar-refractivity contribution in [2.75, 3.05) is 18.5 Å². The van der Waals surface area contributed by atoms with Gasteiger partial charge in [-0.2, -0.15) is 0 Å². The van der Waals surface area contributed by atoms with Crippen molar-refractivity contribution in [1.29, 1.82) is 0 Å². The van der Waals surface area contributed by atoms with Crippen LogP contribution < -0.4 is 5.32 Å². The van der Waals surface area contributed by atoms with Crippen LogP contribution >= 0.6 is 11.3 Å². The lowest BCUT2D eigenvalue weighted by atomic mass is 10.3. The Kier molecular flexibility index (Phi) is 3.43. The number of nitrogens with one attached hydrogen (secondary N) is 1. The molecule has 0 aliphatic heterocycles. The van der Waals surface area contributed by atoms with Crippen LogP contribution in [-0.2, 0) is 4.74 Å². The number of thiazole rings is 1. The third kappa shape index (κ3) is 2.72. The topological polar surface area (TPSA) is 51.2 Å². The number of aromatic nitrogens is 1. The van der Waals surface area contributed by atoms with Gasteiger partial charge in [-0.15, -0.1) is 11.3 Å². The zero-order valence-electron chi connectivity index (χ0n) is 9.53. The number of carbonyl (C=O) groups is 1. The highest BCUT2D eigenvalue weighted by Gasteiger charge is 2.32. The average Bonchev–Trinajstić information content (AvgIpc) is 2.80. The largest absolute Gasteiger partial charge is 0.461 e. The van der Waals surface area contributed by atoms with E-state index in [2.05, 4.69) is 17.2 Å². The minimum absolute atomic E-state index is 0.341. The van der Waals surface area contributed by atoms with Gasteiger partial charge in [-0.05, 0) is 25.2 Å². The van der Waals surface area contributed by atoms with E-state index >= 15 is 0 Å². The molecule has 4 nitrogen and oxygen atoms in total. The summed E-state index contributed by atoms with van der Waals surface area (Å²) in [6.07, 6.45) is 1.29. The second kappa shape index (κ2) is 4.82. The number of carbonyl (C=O) groups excluding carboxylic acids is 1. The molecule has 5 heteroatoms. The molecule has 2 atom stereocenters. The fourth-order valence-corrected chi connectivity index (χ4v) is 2.25. The first-order valence-corrected chi connectivity index (χ1v) is 6.45. The van der Waals surface area contributed by atoms with E-state index < -0.39 is 0 Å². The molecule has 1 aliphatic rings. The van der Waals surface area contributed by atoms with E-state index in [4.69, 9.17) is 4.74 Å². The number of rotatable bonds is 5. The Morgan fingerprint density at radius 3 is 3.12 bits per heavy atom. The number of esters is 1. The summed E-state index contributed by atoms with van der Waals surface area (Å²) in [5.74, 6) is 1.26. The van der Waals surface area contributed by atoms with Crippen molar-refractivity contribution < 1.29 is 9.53 Å². The summed E-state index contributed by atoms with van der Waals surface area (Å²) >= 11 is 1.45. The molecule has 2 unspecified atom stereocenters. The minimum Gasteiger partial charge on any atom is -0.461 e. The molecule has 0 saturated heterocycles. The van der Waals surface area contributed by atoms with E-state index in [0.717, 1.165) is 23.5 Å². The lowest BCUT2D eigenvalue weighted by Crippen LogP contribution is -2.07. The van der Waals surface area contributed by atoms with Crippen molar-refractivity contribution in [3.05, 3.63) is 11.1 Å². The molecule has 1 aromatic rings. The predicted molar refractivity (Wildman–Crippen MR) is 63.8 cm³/mol. The summed E-state index contributed by atoms with van der Waals surface area (Å²) in [4.78, 5) is 15.5. The summed E-state index contributed by atoms with van der Waals surface area (Å²) in [5, 5.41) is 5.79. The van der Waals surface area contributed by atoms with Crippen molar-refractivity contribution in [3.8, 4) is 0 Å². The van der Waals surface area contributed by atoms with E-state index in [1.807, 2.05) is 0 Å². The quantitative estimate of drug-likeness (QED) is 0.803. The summed E-state index contributed by atoms with van der Waals surface area (Å²) in [5.41, 5.74) is 0.401. The third-order valence-corrected chi connectivity index (χ3v) is 3.58. The lowest BCUT2D eigenvalue weighted by Gasteiger charge is -2.00. The van der Waals surface area contributed by atoms with Crippen molar-refractivity contribution in [2.24, 2.45) is 11.8 Å². The van der Waals surface area contributed by atoms with Crippen molar-refractivity contribution in [2.45, 2.75) is 20.3 Å². The normalized spacial score (nSPS) is 22.9. The van der Waals surface area contributed by atoms with Crippen LogP contribution in [0.4, 0.5) is 5.13 Å². The van der Waals surface area contributed by atoms with Gasteiger partial charge in [-0.25, -0.2) is 9.78 Å². The maximum atomic E-state index is 11.4. The van der Waals surface area contributed by atoms with Crippen LogP contribution in [0.2, 0.25) is 0 Å². The van der Waals surface area contributed by atoms with Crippen LogP contribution in [0.5, 0.6) is 0 Å². The molecule has 1 aliphatic carbocycles. The highest BCUT2D eigenvalue weighted by Crippen LogP contribution is 2.37. The third-order valence-electron chi connectivity index (χ3n) is 2.78. The number of anilines is 1. The van der Waals surface area contributed by atoms with Gasteiger partial charge >= 0.3 is 5.97 Å². The van der Waals surface area contributed by atoms with E-state index in [1.165, 1.54) is 17.8 Å². The average molecular weight is 240 g/mol. The molecule has 0 amide bonds. The lowest BCUT2D eigenvalue weighted by molar-refractivity contribution is 0.0520. The van der Waals surface area contributed by atoms with Gasteiger partial charge < -0.3 is 10.1 Å². The summed E-state index contributed by atoms with van der Waals surface area (Å²) in [6.45, 7) is 5.38. The second-order valence-electron chi connectivity index (χ2n) is 4.11. The van der Waals surface area contributed by atoms with Gasteiger partial charge in [0.05, 0.1) is 6.61 Å². The van der Waals surface area contributed by atoms with Crippen LogP contribution in [0.15, 0.2) is 5.38 Å². The van der Waals surface area contributed by atoms with Crippen LogP contribution in [0.25, 0.3) is 0 Å². The molecule has 16 heavy (non-hydrogen) atoms. The first-order valence-electron chi connectivity index (χ1n) is 5.57. The van der Waals surface area contributed by atoms with Gasteiger partial charge in [0.25, 0.3) is 0 Å². The maximum Gasteiger partial charge on any atom is 0.357 e. The van der Waals surface area contributed by atoms with Gasteiger partial charge in [0.2, 0.25) is 0 Å². The standard InChI is InChI=1S/C11H16N2O2S/c1-3-15-10(14)9-6-16-11(13-9)12-5-8-4-7(8)2/h6-8H,3-5H2,1-2H3,(H,12,13). The highest BCUT2D eigenvalue weighted by atomic mass is 32.1. The van der Waals surface area contributed by atoms with Crippen molar-refractivity contribution >= 4 is 22.4 Å². The minimum atomic E-state index is -0.341. The highest BCUT2D eigenvalue weighted by molar-refractivity contribution is 7.13. The summed E-state index contributed by atoms with van der Waals surface area (Å²) in [6, 6.07) is 0. The van der Waals surface area contributed by atoms with E-state index in [9.17, 15) is 4.79 Å². The van der Waals surface area contributed by atoms with Crippen LogP contribution in [-0.4, -0.2) is 24.1 Å². The Balaban J connectivity index is 1.84. The van der Waals surface area contributed by atoms with Gasteiger partial charge in [0.1, 0.15) is 0 Å². The molecular formula is C11H16N2O2S. The number of nitrogens with zero attached hydrogens (tertiary/aromatic N) is 1. The van der Waals surface area contributed by atoms with E-state index in [-0.39, 0.29) is 5.97 Å². The molecule has 88 valence electrons. The molecular weight excluding hydrogens is 224 g/mol. The van der Waals surface area contributed by atoms with Gasteiger partial charge in [-0.1, -0.05) is 6.92 Å². The number of hydrogen-bond acceptors (Lipinski definition) is 5. The van der Waals surface area contributed by atoms with Crippen LogP contribution in [0.1, 0.15) is 30.8 Å². The second-order valence-corrected chi connectivity index (χ2v) is 4.97. The fourth-order valence-electron chi connectivity index (χ4n) is 1.56. The monoisotopic (exact) mass is 240 g/mol. The van der Waals surface area contributed by atoms with E-state index in [0.29, 0.717) is 12.3 Å². The molecule has 1 saturated carbocycles. The Hall–Kier alpha value is -1.10. The zero-order chi connectivity index (χ0) is 11.5. The van der Waals surface area contributed by atoms with Crippen LogP contribution in [0.3, 0.4) is 0 Å². The molecule has 1 N–H and O–H groups in total. The first-order chi connectivity index (χ1) is 7.70. The Morgan fingerprint density at radius 2 is 2.50 bits per heavy atom. The Bertz CT molecular complexity index is 378. The molecule has 0 radical (unpaired) electrons. The predicted octanol–water partition coefficient (Wildman–Crippen LogP) is 2.39. The molecule has 0 spiro atoms. The van der Waals surface area contributed by atoms with Gasteiger partial charge in [0, 0.05) is 11.9 Å². The maximum absolute atomic E-state index is 11.4. The number of hydrogen-bond donors (Lipinski definition) is 1. The van der Waals surface area contributed by atoms with Gasteiger partial charge in [-0.3, -0.25) is 0 Å². The van der Waals surface area contributed by atoms with Crippen molar-refractivity contribution in [1.82, 2.24) is 4.98 Å². The molecule has 0 bridgehead atoms. The van der Waals surface area contributed by atoms with Crippen molar-refractivity contribution in [3.63, 3.8) is 0 Å². The van der Waals surface area contributed by atoms with Crippen LogP contribution in [0, 0.1) is 11.8 Å². The summed E-state index contributed by atoms with van der Waals surface area (Å²) < 4.78 is 4.87. The SMILES string of the molecule is CCOC(=O)c1csc(NCC2CC2C)n1. The molecule has 1 aromatic heterocycles. The van der Waals surface area contributed by atoms with E-state index in [1.54, 1.807) is 12.3 Å². The zero-order valence-corrected chi connectivity index (χ0v) is 10.3.